The van der Waals surface area contributed by atoms with Gasteiger partial charge in [-0.3, -0.25) is 10.1 Å². The highest BCUT2D eigenvalue weighted by atomic mass is 35.5. The molecule has 2 rings (SSSR count). The minimum atomic E-state index is -0.547. The fourth-order valence-electron chi connectivity index (χ4n) is 1.55. The minimum Gasteiger partial charge on any atom is -0.368 e. The van der Waals surface area contributed by atoms with E-state index in [4.69, 9.17) is 16.1 Å². The van der Waals surface area contributed by atoms with Gasteiger partial charge in [-0.2, -0.15) is 4.98 Å². The number of halogens is 1. The Morgan fingerprint density at radius 1 is 1.52 bits per heavy atom. The van der Waals surface area contributed by atoms with E-state index < -0.39 is 4.92 Å². The Labute approximate surface area is 125 Å². The molecule has 0 bridgehead atoms. The highest BCUT2D eigenvalue weighted by Crippen LogP contribution is 2.23. The van der Waals surface area contributed by atoms with Gasteiger partial charge in [-0.1, -0.05) is 30.6 Å². The van der Waals surface area contributed by atoms with Crippen LogP contribution in [0.3, 0.4) is 0 Å². The van der Waals surface area contributed by atoms with Crippen LogP contribution in [0, 0.1) is 10.1 Å². The predicted molar refractivity (Wildman–Crippen MR) is 76.5 cm³/mol. The van der Waals surface area contributed by atoms with Crippen LogP contribution in [-0.2, 0) is 6.42 Å². The molecule has 0 fully saturated rings. The summed E-state index contributed by atoms with van der Waals surface area (Å²) in [6, 6.07) is 1.25. The van der Waals surface area contributed by atoms with E-state index in [1.807, 2.05) is 13.8 Å². The number of nitrogens with zero attached hydrogens (tertiary/aromatic N) is 4. The number of nitrogens with one attached hydrogen (secondary N) is 1. The summed E-state index contributed by atoms with van der Waals surface area (Å²) >= 11 is 5.92. The zero-order valence-electron chi connectivity index (χ0n) is 11.5. The summed E-state index contributed by atoms with van der Waals surface area (Å²) in [6.45, 7) is 4.44. The zero-order chi connectivity index (χ0) is 15.4. The first-order chi connectivity index (χ1) is 9.97. The molecule has 0 spiro atoms. The van der Waals surface area contributed by atoms with E-state index in [1.54, 1.807) is 0 Å². The van der Waals surface area contributed by atoms with Crippen molar-refractivity contribution in [2.24, 2.45) is 0 Å². The van der Waals surface area contributed by atoms with Crippen LogP contribution in [0.4, 0.5) is 11.5 Å². The molecule has 0 aliphatic rings. The van der Waals surface area contributed by atoms with Crippen molar-refractivity contribution in [2.75, 3.05) is 11.9 Å². The molecule has 0 aliphatic carbocycles. The number of hydrogen-bond donors (Lipinski definition) is 1. The highest BCUT2D eigenvalue weighted by molar-refractivity contribution is 6.33. The molecule has 112 valence electrons. The van der Waals surface area contributed by atoms with Gasteiger partial charge in [0.2, 0.25) is 5.89 Å². The molecule has 0 atom stereocenters. The summed E-state index contributed by atoms with van der Waals surface area (Å²) in [4.78, 5) is 18.2. The summed E-state index contributed by atoms with van der Waals surface area (Å²) in [5.41, 5.74) is -0.149. The van der Waals surface area contributed by atoms with Gasteiger partial charge >= 0.3 is 0 Å². The number of aromatic nitrogens is 3. The Kier molecular flexibility index (Phi) is 4.69. The van der Waals surface area contributed by atoms with Crippen LogP contribution < -0.4 is 5.32 Å². The Morgan fingerprint density at radius 3 is 2.86 bits per heavy atom. The van der Waals surface area contributed by atoms with Crippen LogP contribution in [0.15, 0.2) is 16.8 Å². The third-order valence-electron chi connectivity index (χ3n) is 2.67. The summed E-state index contributed by atoms with van der Waals surface area (Å²) in [7, 11) is 0. The molecule has 2 aromatic heterocycles. The number of anilines is 1. The van der Waals surface area contributed by atoms with Gasteiger partial charge in [0.25, 0.3) is 5.69 Å². The first-order valence-electron chi connectivity index (χ1n) is 6.33. The SMILES string of the molecule is CC(C)c1noc(CCNc2ncc([N+](=O)[O-])cc2Cl)n1. The molecule has 0 amide bonds. The van der Waals surface area contributed by atoms with Gasteiger partial charge < -0.3 is 9.84 Å². The second kappa shape index (κ2) is 6.49. The molecule has 0 radical (unpaired) electrons. The predicted octanol–water partition coefficient (Wildman–Crippen LogP) is 2.80. The molecule has 8 nitrogen and oxygen atoms in total. The maximum atomic E-state index is 10.6. The third kappa shape index (κ3) is 3.88. The maximum Gasteiger partial charge on any atom is 0.289 e. The molecule has 2 aromatic rings. The smallest absolute Gasteiger partial charge is 0.289 e. The number of pyridine rings is 1. The van der Waals surface area contributed by atoms with Crippen molar-refractivity contribution in [2.45, 2.75) is 26.2 Å². The Hall–Kier alpha value is -2.22. The Morgan fingerprint density at radius 2 is 2.29 bits per heavy atom. The Bertz CT molecular complexity index is 644. The topological polar surface area (TPSA) is 107 Å². The normalized spacial score (nSPS) is 10.9. The summed E-state index contributed by atoms with van der Waals surface area (Å²) in [6.07, 6.45) is 1.66. The zero-order valence-corrected chi connectivity index (χ0v) is 12.3. The lowest BCUT2D eigenvalue weighted by molar-refractivity contribution is -0.385. The lowest BCUT2D eigenvalue weighted by Gasteiger charge is -2.05. The minimum absolute atomic E-state index is 0.149. The van der Waals surface area contributed by atoms with E-state index in [-0.39, 0.29) is 16.6 Å². The van der Waals surface area contributed by atoms with Crippen LogP contribution in [0.5, 0.6) is 0 Å². The van der Waals surface area contributed by atoms with Crippen molar-refractivity contribution in [3.63, 3.8) is 0 Å². The molecule has 1 N–H and O–H groups in total. The fraction of sp³-hybridized carbons (Fsp3) is 0.417. The van der Waals surface area contributed by atoms with Crippen molar-refractivity contribution in [3.05, 3.63) is 39.1 Å². The molecule has 0 aromatic carbocycles. The molecule has 9 heteroatoms. The second-order valence-corrected chi connectivity index (χ2v) is 5.07. The fourth-order valence-corrected chi connectivity index (χ4v) is 1.78. The molecule has 0 unspecified atom stereocenters. The van der Waals surface area contributed by atoms with Gasteiger partial charge in [-0.15, -0.1) is 0 Å². The maximum absolute atomic E-state index is 10.6. The van der Waals surface area contributed by atoms with E-state index in [1.165, 1.54) is 6.07 Å². The van der Waals surface area contributed by atoms with Crippen molar-refractivity contribution in [1.29, 1.82) is 0 Å². The molecular formula is C12H14ClN5O3. The quantitative estimate of drug-likeness (QED) is 0.645. The summed E-state index contributed by atoms with van der Waals surface area (Å²) in [5, 5.41) is 17.6. The van der Waals surface area contributed by atoms with Crippen LogP contribution in [0.25, 0.3) is 0 Å². The van der Waals surface area contributed by atoms with Crippen LogP contribution in [-0.4, -0.2) is 26.6 Å². The van der Waals surface area contributed by atoms with Crippen LogP contribution in [0.2, 0.25) is 5.02 Å². The van der Waals surface area contributed by atoms with Gasteiger partial charge in [0.1, 0.15) is 12.0 Å². The van der Waals surface area contributed by atoms with E-state index >= 15 is 0 Å². The van der Waals surface area contributed by atoms with E-state index in [9.17, 15) is 10.1 Å². The van der Waals surface area contributed by atoms with E-state index in [0.717, 1.165) is 6.20 Å². The first kappa shape index (κ1) is 15.2. The number of rotatable bonds is 6. The lowest BCUT2D eigenvalue weighted by atomic mass is 10.2. The molecule has 0 saturated carbocycles. The van der Waals surface area contributed by atoms with E-state index in [0.29, 0.717) is 30.5 Å². The molecule has 2 heterocycles. The van der Waals surface area contributed by atoms with Crippen molar-refractivity contribution in [3.8, 4) is 0 Å². The monoisotopic (exact) mass is 311 g/mol. The van der Waals surface area contributed by atoms with Crippen molar-refractivity contribution < 1.29 is 9.45 Å². The Balaban J connectivity index is 1.92. The van der Waals surface area contributed by atoms with E-state index in [2.05, 4.69) is 20.4 Å². The summed E-state index contributed by atoms with van der Waals surface area (Å²) < 4.78 is 5.10. The van der Waals surface area contributed by atoms with Crippen LogP contribution in [0.1, 0.15) is 31.5 Å². The number of hydrogen-bond acceptors (Lipinski definition) is 7. The summed E-state index contributed by atoms with van der Waals surface area (Å²) in [5.74, 6) is 1.77. The van der Waals surface area contributed by atoms with Gasteiger partial charge in [0.05, 0.1) is 9.95 Å². The third-order valence-corrected chi connectivity index (χ3v) is 2.96. The van der Waals surface area contributed by atoms with Crippen molar-refractivity contribution >= 4 is 23.1 Å². The highest BCUT2D eigenvalue weighted by Gasteiger charge is 2.12. The standard InChI is InChI=1S/C12H14ClN5O3/c1-7(2)11-16-10(21-17-11)3-4-14-12-9(13)5-8(6-15-12)18(19)20/h5-7H,3-4H2,1-2H3,(H,14,15). The molecule has 21 heavy (non-hydrogen) atoms. The van der Waals surface area contributed by atoms with Gasteiger partial charge in [-0.25, -0.2) is 4.98 Å². The second-order valence-electron chi connectivity index (χ2n) is 4.66. The van der Waals surface area contributed by atoms with Crippen LogP contribution >= 0.6 is 11.6 Å². The van der Waals surface area contributed by atoms with Crippen molar-refractivity contribution in [1.82, 2.24) is 15.1 Å². The van der Waals surface area contributed by atoms with Gasteiger partial charge in [0.15, 0.2) is 5.82 Å². The largest absolute Gasteiger partial charge is 0.368 e. The molecule has 0 saturated heterocycles. The molecular weight excluding hydrogens is 298 g/mol. The number of nitro groups is 1. The lowest BCUT2D eigenvalue weighted by Crippen LogP contribution is -2.07. The van der Waals surface area contributed by atoms with Gasteiger partial charge in [-0.05, 0) is 0 Å². The average Bonchev–Trinajstić information content (AvgIpc) is 2.89. The average molecular weight is 312 g/mol. The first-order valence-corrected chi connectivity index (χ1v) is 6.71. The molecule has 0 aliphatic heterocycles. The van der Waals surface area contributed by atoms with Gasteiger partial charge in [0, 0.05) is 24.9 Å².